The fraction of sp³-hybridized carbons (Fsp3) is 0.571. The normalized spacial score (nSPS) is 20.2. The van der Waals surface area contributed by atoms with Crippen LogP contribution in [0.15, 0.2) is 12.4 Å². The van der Waals surface area contributed by atoms with Gasteiger partial charge in [0.05, 0.1) is 17.9 Å². The lowest BCUT2D eigenvalue weighted by Gasteiger charge is -2.11. The Hall–Kier alpha value is -0.510. The summed E-state index contributed by atoms with van der Waals surface area (Å²) >= 11 is 4.20. The first-order valence-electron chi connectivity index (χ1n) is 3.58. The molecule has 4 heteroatoms. The molecule has 0 aliphatic heterocycles. The largest absolute Gasteiger partial charge is 0.263 e. The Bertz CT molecular complexity index is 267. The lowest BCUT2D eigenvalue weighted by molar-refractivity contribution is 0.478. The van der Waals surface area contributed by atoms with Gasteiger partial charge in [-0.25, -0.2) is 4.39 Å². The molecule has 0 N–H and O–H groups in total. The second-order valence-electron chi connectivity index (χ2n) is 2.99. The summed E-state index contributed by atoms with van der Waals surface area (Å²) in [4.78, 5) is 0. The molecule has 1 aromatic heterocycles. The standard InChI is InChI=1S/C7H9FN2S/c8-6-3-9-10(4-6)7(5-11)1-2-7/h3-4,11H,1-2,5H2. The molecule has 11 heavy (non-hydrogen) atoms. The third-order valence-corrected chi connectivity index (χ3v) is 2.75. The van der Waals surface area contributed by atoms with Crippen LogP contribution in [0.2, 0.25) is 0 Å². The van der Waals surface area contributed by atoms with Crippen LogP contribution in [0.4, 0.5) is 4.39 Å². The van der Waals surface area contributed by atoms with Gasteiger partial charge < -0.3 is 0 Å². The van der Waals surface area contributed by atoms with Crippen LogP contribution in [-0.2, 0) is 5.54 Å². The first-order chi connectivity index (χ1) is 5.27. The van der Waals surface area contributed by atoms with Gasteiger partial charge in [0, 0.05) is 5.75 Å². The topological polar surface area (TPSA) is 17.8 Å². The van der Waals surface area contributed by atoms with Crippen LogP contribution in [0.3, 0.4) is 0 Å². The zero-order chi connectivity index (χ0) is 7.90. The van der Waals surface area contributed by atoms with Crippen molar-refractivity contribution in [1.82, 2.24) is 9.78 Å². The molecule has 1 aliphatic carbocycles. The second kappa shape index (κ2) is 2.24. The minimum atomic E-state index is -0.266. The molecule has 0 spiro atoms. The Morgan fingerprint density at radius 3 is 2.82 bits per heavy atom. The van der Waals surface area contributed by atoms with Gasteiger partial charge in [0.25, 0.3) is 0 Å². The van der Waals surface area contributed by atoms with E-state index in [0.29, 0.717) is 0 Å². The highest BCUT2D eigenvalue weighted by atomic mass is 32.1. The van der Waals surface area contributed by atoms with Crippen LogP contribution in [-0.4, -0.2) is 15.5 Å². The molecule has 60 valence electrons. The summed E-state index contributed by atoms with van der Waals surface area (Å²) in [6.45, 7) is 0. The van der Waals surface area contributed by atoms with E-state index in [0.717, 1.165) is 18.6 Å². The zero-order valence-electron chi connectivity index (χ0n) is 6.00. The van der Waals surface area contributed by atoms with E-state index in [1.807, 2.05) is 0 Å². The lowest BCUT2D eigenvalue weighted by Crippen LogP contribution is -2.19. The first kappa shape index (κ1) is 7.16. The van der Waals surface area contributed by atoms with Gasteiger partial charge in [0.15, 0.2) is 5.82 Å². The van der Waals surface area contributed by atoms with Gasteiger partial charge in [-0.1, -0.05) is 0 Å². The van der Waals surface area contributed by atoms with Crippen LogP contribution < -0.4 is 0 Å². The van der Waals surface area contributed by atoms with Crippen molar-refractivity contribution in [1.29, 1.82) is 0 Å². The number of rotatable bonds is 2. The molecule has 0 amide bonds. The summed E-state index contributed by atoms with van der Waals surface area (Å²) in [7, 11) is 0. The lowest BCUT2D eigenvalue weighted by atomic mass is 10.3. The van der Waals surface area contributed by atoms with Crippen molar-refractivity contribution in [3.63, 3.8) is 0 Å². The van der Waals surface area contributed by atoms with Gasteiger partial charge in [0.1, 0.15) is 0 Å². The van der Waals surface area contributed by atoms with E-state index < -0.39 is 0 Å². The number of thiol groups is 1. The Labute approximate surface area is 69.8 Å². The minimum Gasteiger partial charge on any atom is -0.263 e. The molecule has 0 aromatic carbocycles. The Balaban J connectivity index is 2.29. The average molecular weight is 172 g/mol. The van der Waals surface area contributed by atoms with Gasteiger partial charge in [0.2, 0.25) is 0 Å². The minimum absolute atomic E-state index is 0.0352. The Morgan fingerprint density at radius 2 is 2.45 bits per heavy atom. The van der Waals surface area contributed by atoms with Crippen LogP contribution in [0.25, 0.3) is 0 Å². The van der Waals surface area contributed by atoms with Crippen LogP contribution in [0.1, 0.15) is 12.8 Å². The number of nitrogens with zero attached hydrogens (tertiary/aromatic N) is 2. The zero-order valence-corrected chi connectivity index (χ0v) is 6.89. The SMILES string of the molecule is Fc1cnn(C2(CS)CC2)c1. The third-order valence-electron chi connectivity index (χ3n) is 2.16. The van der Waals surface area contributed by atoms with Gasteiger partial charge in [-0.2, -0.15) is 17.7 Å². The van der Waals surface area contributed by atoms with E-state index >= 15 is 0 Å². The van der Waals surface area contributed by atoms with E-state index in [-0.39, 0.29) is 11.4 Å². The fourth-order valence-electron chi connectivity index (χ4n) is 1.16. The molecule has 0 unspecified atom stereocenters. The summed E-state index contributed by atoms with van der Waals surface area (Å²) in [5.41, 5.74) is 0.0352. The number of hydrogen-bond donors (Lipinski definition) is 1. The molecule has 0 bridgehead atoms. The summed E-state index contributed by atoms with van der Waals surface area (Å²) in [5.74, 6) is 0.478. The van der Waals surface area contributed by atoms with Crippen molar-refractivity contribution < 1.29 is 4.39 Å². The molecular formula is C7H9FN2S. The molecule has 0 saturated heterocycles. The van der Waals surface area contributed by atoms with E-state index in [1.165, 1.54) is 12.4 Å². The van der Waals surface area contributed by atoms with Crippen molar-refractivity contribution in [3.05, 3.63) is 18.2 Å². The molecule has 1 fully saturated rings. The van der Waals surface area contributed by atoms with Gasteiger partial charge in [-0.3, -0.25) is 4.68 Å². The van der Waals surface area contributed by atoms with Crippen molar-refractivity contribution in [2.24, 2.45) is 0 Å². The van der Waals surface area contributed by atoms with Crippen LogP contribution in [0, 0.1) is 5.82 Å². The van der Waals surface area contributed by atoms with E-state index in [2.05, 4.69) is 17.7 Å². The number of aromatic nitrogens is 2. The van der Waals surface area contributed by atoms with E-state index in [1.54, 1.807) is 4.68 Å². The van der Waals surface area contributed by atoms with Crippen molar-refractivity contribution >= 4 is 12.6 Å². The van der Waals surface area contributed by atoms with Crippen molar-refractivity contribution in [2.45, 2.75) is 18.4 Å². The third kappa shape index (κ3) is 1.05. The molecule has 1 saturated carbocycles. The fourth-order valence-corrected chi connectivity index (χ4v) is 1.63. The smallest absolute Gasteiger partial charge is 0.161 e. The molecule has 2 rings (SSSR count). The quantitative estimate of drug-likeness (QED) is 0.668. The van der Waals surface area contributed by atoms with Gasteiger partial charge >= 0.3 is 0 Å². The van der Waals surface area contributed by atoms with Crippen LogP contribution >= 0.6 is 12.6 Å². The monoisotopic (exact) mass is 172 g/mol. The maximum absolute atomic E-state index is 12.5. The molecule has 1 aromatic rings. The van der Waals surface area contributed by atoms with Gasteiger partial charge in [-0.15, -0.1) is 0 Å². The molecule has 0 atom stereocenters. The number of hydrogen-bond acceptors (Lipinski definition) is 2. The molecule has 0 radical (unpaired) electrons. The summed E-state index contributed by atoms with van der Waals surface area (Å²) in [6, 6.07) is 0. The van der Waals surface area contributed by atoms with E-state index in [4.69, 9.17) is 0 Å². The molecular weight excluding hydrogens is 163 g/mol. The first-order valence-corrected chi connectivity index (χ1v) is 4.22. The molecule has 2 nitrogen and oxygen atoms in total. The molecule has 1 heterocycles. The number of halogens is 1. The summed E-state index contributed by atoms with van der Waals surface area (Å²) in [5, 5.41) is 3.91. The summed E-state index contributed by atoms with van der Waals surface area (Å²) in [6.07, 6.45) is 4.81. The predicted octanol–water partition coefficient (Wildman–Crippen LogP) is 1.44. The summed E-state index contributed by atoms with van der Waals surface area (Å²) < 4.78 is 14.2. The van der Waals surface area contributed by atoms with E-state index in [9.17, 15) is 4.39 Å². The van der Waals surface area contributed by atoms with Crippen molar-refractivity contribution in [3.8, 4) is 0 Å². The Kier molecular flexibility index (Phi) is 1.45. The predicted molar refractivity (Wildman–Crippen MR) is 43.2 cm³/mol. The van der Waals surface area contributed by atoms with Crippen LogP contribution in [0.5, 0.6) is 0 Å². The van der Waals surface area contributed by atoms with Crippen molar-refractivity contribution in [2.75, 3.05) is 5.75 Å². The average Bonchev–Trinajstić information content (AvgIpc) is 2.70. The highest BCUT2D eigenvalue weighted by Gasteiger charge is 2.44. The Morgan fingerprint density at radius 1 is 1.73 bits per heavy atom. The van der Waals surface area contributed by atoms with Gasteiger partial charge in [-0.05, 0) is 12.8 Å². The maximum atomic E-state index is 12.5. The highest BCUT2D eigenvalue weighted by molar-refractivity contribution is 7.80. The highest BCUT2D eigenvalue weighted by Crippen LogP contribution is 2.43. The second-order valence-corrected chi connectivity index (χ2v) is 3.30. The maximum Gasteiger partial charge on any atom is 0.161 e. The molecule has 1 aliphatic rings.